The molecule has 2 heterocycles. The summed E-state index contributed by atoms with van der Waals surface area (Å²) in [5.74, 6) is -0.331. The number of piperidine rings is 1. The Balaban J connectivity index is 1.65. The fourth-order valence-electron chi connectivity index (χ4n) is 3.43. The van der Waals surface area contributed by atoms with Crippen molar-refractivity contribution in [1.82, 2.24) is 5.32 Å². The average Bonchev–Trinajstić information content (AvgIpc) is 3.33. The van der Waals surface area contributed by atoms with Crippen molar-refractivity contribution < 1.29 is 9.59 Å². The van der Waals surface area contributed by atoms with Crippen molar-refractivity contribution in [3.05, 3.63) is 75.5 Å². The molecule has 1 saturated heterocycles. The van der Waals surface area contributed by atoms with Crippen LogP contribution in [0.25, 0.3) is 0 Å². The summed E-state index contributed by atoms with van der Waals surface area (Å²) in [6.07, 6.45) is 7.03. The molecular formula is C20H16ClNO2S2. The first-order valence-corrected chi connectivity index (χ1v) is 10.4. The van der Waals surface area contributed by atoms with Gasteiger partial charge in [-0.1, -0.05) is 42.0 Å². The molecule has 6 heteroatoms. The molecule has 1 aromatic carbocycles. The highest BCUT2D eigenvalue weighted by molar-refractivity contribution is 8.01. The molecule has 2 aromatic rings. The van der Waals surface area contributed by atoms with Gasteiger partial charge in [-0.15, -0.1) is 11.8 Å². The first kappa shape index (κ1) is 17.6. The lowest BCUT2D eigenvalue weighted by Gasteiger charge is -2.41. The highest BCUT2D eigenvalue weighted by atomic mass is 35.5. The van der Waals surface area contributed by atoms with Crippen LogP contribution in [0.15, 0.2) is 69.8 Å². The van der Waals surface area contributed by atoms with Crippen LogP contribution < -0.4 is 5.32 Å². The van der Waals surface area contributed by atoms with E-state index < -0.39 is 10.8 Å². The van der Waals surface area contributed by atoms with Crippen molar-refractivity contribution in [2.45, 2.75) is 28.5 Å². The number of rotatable bonds is 4. The molecule has 0 spiro atoms. The van der Waals surface area contributed by atoms with Gasteiger partial charge in [0.1, 0.15) is 5.25 Å². The van der Waals surface area contributed by atoms with E-state index in [0.29, 0.717) is 5.02 Å². The Morgan fingerprint density at radius 1 is 1.23 bits per heavy atom. The number of thiophene rings is 1. The molecule has 0 saturated carbocycles. The maximum absolute atomic E-state index is 13.0. The van der Waals surface area contributed by atoms with Crippen molar-refractivity contribution in [3.63, 3.8) is 0 Å². The van der Waals surface area contributed by atoms with Gasteiger partial charge in [0, 0.05) is 11.3 Å². The lowest BCUT2D eigenvalue weighted by molar-refractivity contribution is -0.133. The van der Waals surface area contributed by atoms with Crippen molar-refractivity contribution >= 4 is 46.4 Å². The summed E-state index contributed by atoms with van der Waals surface area (Å²) >= 11 is 8.99. The molecule has 132 valence electrons. The second kappa shape index (κ2) is 7.06. The zero-order valence-electron chi connectivity index (χ0n) is 13.8. The third-order valence-corrected chi connectivity index (χ3v) is 7.17. The Morgan fingerprint density at radius 3 is 2.73 bits per heavy atom. The number of carbonyl (C=O) groups is 2. The molecule has 0 bridgehead atoms. The van der Waals surface area contributed by atoms with Gasteiger partial charge in [0.15, 0.2) is 5.78 Å². The number of Topliss-reactive ketones (excluding diaryl/α,β-unsaturated/α-hetero) is 1. The summed E-state index contributed by atoms with van der Waals surface area (Å²) < 4.78 is 0. The SMILES string of the molecule is O=C1CC(C2=CC=CC2)(c2ccsc2)NC(=O)C1Sc1ccccc1Cl. The minimum Gasteiger partial charge on any atom is -0.341 e. The Hall–Kier alpha value is -1.82. The Bertz CT molecular complexity index is 900. The Morgan fingerprint density at radius 2 is 2.08 bits per heavy atom. The smallest absolute Gasteiger partial charge is 0.242 e. The van der Waals surface area contributed by atoms with Crippen LogP contribution in [0, 0.1) is 0 Å². The van der Waals surface area contributed by atoms with Gasteiger partial charge in [0.2, 0.25) is 5.91 Å². The fourth-order valence-corrected chi connectivity index (χ4v) is 5.40. The number of benzene rings is 1. The van der Waals surface area contributed by atoms with Gasteiger partial charge in [-0.2, -0.15) is 11.3 Å². The molecule has 3 nitrogen and oxygen atoms in total. The van der Waals surface area contributed by atoms with Crippen LogP contribution in [0.2, 0.25) is 5.02 Å². The summed E-state index contributed by atoms with van der Waals surface area (Å²) in [7, 11) is 0. The molecule has 26 heavy (non-hydrogen) atoms. The molecule has 4 rings (SSSR count). The molecule has 1 aromatic heterocycles. The number of carbonyl (C=O) groups excluding carboxylic acids is 2. The molecule has 2 atom stereocenters. The van der Waals surface area contributed by atoms with Crippen LogP contribution in [0.5, 0.6) is 0 Å². The van der Waals surface area contributed by atoms with Gasteiger partial charge in [0.25, 0.3) is 0 Å². The molecule has 2 aliphatic rings. The summed E-state index contributed by atoms with van der Waals surface area (Å²) in [4.78, 5) is 26.7. The van der Waals surface area contributed by atoms with Crippen LogP contribution in [-0.2, 0) is 15.1 Å². The summed E-state index contributed by atoms with van der Waals surface area (Å²) in [5.41, 5.74) is 1.29. The second-order valence-electron chi connectivity index (χ2n) is 6.30. The minimum atomic E-state index is -0.781. The van der Waals surface area contributed by atoms with Gasteiger partial charge in [0.05, 0.1) is 10.6 Å². The van der Waals surface area contributed by atoms with Gasteiger partial charge in [-0.25, -0.2) is 0 Å². The maximum Gasteiger partial charge on any atom is 0.242 e. The van der Waals surface area contributed by atoms with Crippen molar-refractivity contribution in [2.75, 3.05) is 0 Å². The average molecular weight is 402 g/mol. The van der Waals surface area contributed by atoms with E-state index in [2.05, 4.69) is 5.32 Å². The fraction of sp³-hybridized carbons (Fsp3) is 0.200. The van der Waals surface area contributed by atoms with Crippen LogP contribution in [-0.4, -0.2) is 16.9 Å². The molecule has 0 radical (unpaired) electrons. The quantitative estimate of drug-likeness (QED) is 0.753. The topological polar surface area (TPSA) is 46.2 Å². The van der Waals surface area contributed by atoms with Crippen LogP contribution in [0.4, 0.5) is 0 Å². The van der Waals surface area contributed by atoms with E-state index in [1.807, 2.05) is 53.3 Å². The first-order valence-electron chi connectivity index (χ1n) is 8.25. The second-order valence-corrected chi connectivity index (χ2v) is 8.64. The zero-order valence-corrected chi connectivity index (χ0v) is 16.2. The predicted molar refractivity (Wildman–Crippen MR) is 107 cm³/mol. The lowest BCUT2D eigenvalue weighted by Crippen LogP contribution is -2.58. The third-order valence-electron chi connectivity index (χ3n) is 4.72. The predicted octanol–water partition coefficient (Wildman–Crippen LogP) is 4.73. The number of ketones is 1. The summed E-state index contributed by atoms with van der Waals surface area (Å²) in [6.45, 7) is 0. The zero-order chi connectivity index (χ0) is 18.1. The number of allylic oxidation sites excluding steroid dienone is 3. The standard InChI is InChI=1S/C20H16ClNO2S2/c21-15-7-3-4-8-17(15)26-18-16(23)11-20(22-19(18)24,13-5-1-2-6-13)14-9-10-25-12-14/h1-5,7-10,12,18H,6,11H2,(H,22,24). The van der Waals surface area contributed by atoms with Gasteiger partial charge in [-0.3, -0.25) is 9.59 Å². The highest BCUT2D eigenvalue weighted by Gasteiger charge is 2.48. The van der Waals surface area contributed by atoms with Gasteiger partial charge >= 0.3 is 0 Å². The number of amides is 1. The lowest BCUT2D eigenvalue weighted by atomic mass is 9.76. The molecule has 1 fully saturated rings. The van der Waals surface area contributed by atoms with E-state index in [4.69, 9.17) is 11.6 Å². The number of hydrogen-bond donors (Lipinski definition) is 1. The maximum atomic E-state index is 13.0. The van der Waals surface area contributed by atoms with E-state index in [1.54, 1.807) is 17.4 Å². The van der Waals surface area contributed by atoms with E-state index in [1.165, 1.54) is 11.8 Å². The largest absolute Gasteiger partial charge is 0.341 e. The van der Waals surface area contributed by atoms with E-state index in [-0.39, 0.29) is 18.1 Å². The van der Waals surface area contributed by atoms with Crippen LogP contribution >= 0.6 is 34.7 Å². The number of hydrogen-bond acceptors (Lipinski definition) is 4. The number of nitrogens with one attached hydrogen (secondary N) is 1. The molecule has 1 aliphatic heterocycles. The van der Waals surface area contributed by atoms with Crippen LogP contribution in [0.1, 0.15) is 18.4 Å². The van der Waals surface area contributed by atoms with E-state index >= 15 is 0 Å². The Kier molecular flexibility index (Phi) is 4.78. The molecular weight excluding hydrogens is 386 g/mol. The van der Waals surface area contributed by atoms with Crippen molar-refractivity contribution in [2.24, 2.45) is 0 Å². The normalized spacial score (nSPS) is 25.3. The number of thioether (sulfide) groups is 1. The molecule has 1 aliphatic carbocycles. The van der Waals surface area contributed by atoms with Crippen LogP contribution in [0.3, 0.4) is 0 Å². The van der Waals surface area contributed by atoms with E-state index in [0.717, 1.165) is 22.5 Å². The summed E-state index contributed by atoms with van der Waals surface area (Å²) in [5, 5.41) is 6.92. The molecule has 1 N–H and O–H groups in total. The van der Waals surface area contributed by atoms with E-state index in [9.17, 15) is 9.59 Å². The minimum absolute atomic E-state index is 0.0716. The first-order chi connectivity index (χ1) is 12.6. The highest BCUT2D eigenvalue weighted by Crippen LogP contribution is 2.43. The summed E-state index contributed by atoms with van der Waals surface area (Å²) in [6, 6.07) is 9.26. The van der Waals surface area contributed by atoms with Crippen molar-refractivity contribution in [1.29, 1.82) is 0 Å². The van der Waals surface area contributed by atoms with Crippen molar-refractivity contribution in [3.8, 4) is 0 Å². The van der Waals surface area contributed by atoms with Gasteiger partial charge < -0.3 is 5.32 Å². The number of halogens is 1. The van der Waals surface area contributed by atoms with Gasteiger partial charge in [-0.05, 0) is 46.5 Å². The third kappa shape index (κ3) is 3.04. The molecule has 1 amide bonds. The Labute approximate surface area is 165 Å². The monoisotopic (exact) mass is 401 g/mol. The molecule has 2 unspecified atom stereocenters.